The van der Waals surface area contributed by atoms with Crippen molar-refractivity contribution in [1.29, 1.82) is 0 Å². The number of anilines is 1. The van der Waals surface area contributed by atoms with Crippen LogP contribution in [0.4, 0.5) is 10.5 Å². The Bertz CT molecular complexity index is 1010. The van der Waals surface area contributed by atoms with Crippen LogP contribution in [0, 0.1) is 6.92 Å². The number of hydrogen-bond acceptors (Lipinski definition) is 3. The fourth-order valence-electron chi connectivity index (χ4n) is 2.93. The Morgan fingerprint density at radius 1 is 1.15 bits per heavy atom. The van der Waals surface area contributed by atoms with Gasteiger partial charge in [-0.1, -0.05) is 29.8 Å². The van der Waals surface area contributed by atoms with Gasteiger partial charge in [0.15, 0.2) is 0 Å². The third-order valence-electron chi connectivity index (χ3n) is 4.33. The molecule has 140 valence electrons. The molecule has 0 fully saturated rings. The van der Waals surface area contributed by atoms with Crippen molar-refractivity contribution in [3.63, 3.8) is 0 Å². The summed E-state index contributed by atoms with van der Waals surface area (Å²) in [5.74, 6) is 0.429. The van der Waals surface area contributed by atoms with Gasteiger partial charge >= 0.3 is 6.03 Å². The average Bonchev–Trinajstić information content (AvgIpc) is 3.00. The molecule has 1 heterocycles. The Balaban J connectivity index is 1.75. The third kappa shape index (κ3) is 3.90. The summed E-state index contributed by atoms with van der Waals surface area (Å²) in [4.78, 5) is 24.2. The number of furan rings is 1. The van der Waals surface area contributed by atoms with E-state index in [1.807, 2.05) is 38.1 Å². The van der Waals surface area contributed by atoms with Crippen LogP contribution in [0.1, 0.15) is 34.6 Å². The van der Waals surface area contributed by atoms with Crippen molar-refractivity contribution in [1.82, 2.24) is 10.6 Å². The predicted molar refractivity (Wildman–Crippen MR) is 106 cm³/mol. The largest absolute Gasteiger partial charge is 0.459 e. The van der Waals surface area contributed by atoms with Gasteiger partial charge in [-0.2, -0.15) is 0 Å². The van der Waals surface area contributed by atoms with E-state index < -0.39 is 6.03 Å². The van der Waals surface area contributed by atoms with E-state index in [1.165, 1.54) is 13.1 Å². The lowest BCUT2D eigenvalue weighted by Crippen LogP contribution is -2.31. The number of halogens is 1. The first-order valence-electron chi connectivity index (χ1n) is 8.48. The Labute approximate surface area is 161 Å². The van der Waals surface area contributed by atoms with Crippen LogP contribution in [0.3, 0.4) is 0 Å². The molecule has 3 amide bonds. The van der Waals surface area contributed by atoms with Crippen molar-refractivity contribution in [2.24, 2.45) is 0 Å². The lowest BCUT2D eigenvalue weighted by molar-refractivity contribution is 0.0963. The molecule has 27 heavy (non-hydrogen) atoms. The van der Waals surface area contributed by atoms with Crippen LogP contribution in [0.15, 0.2) is 46.9 Å². The maximum Gasteiger partial charge on any atom is 0.319 e. The molecule has 0 spiro atoms. The van der Waals surface area contributed by atoms with Crippen molar-refractivity contribution in [3.05, 3.63) is 64.4 Å². The number of carbonyl (C=O) groups excluding carboxylic acids is 2. The molecule has 1 atom stereocenters. The SMILES string of the molecule is CNC(=O)c1ccc(Cl)c(NC(=O)N[C@@H](C)c2oc3ccccc3c2C)c1. The maximum absolute atomic E-state index is 12.4. The number of fused-ring (bicyclic) bond motifs is 1. The van der Waals surface area contributed by atoms with Gasteiger partial charge in [0.2, 0.25) is 0 Å². The number of amides is 3. The highest BCUT2D eigenvalue weighted by Crippen LogP contribution is 2.29. The fraction of sp³-hybridized carbons (Fsp3) is 0.200. The van der Waals surface area contributed by atoms with Crippen molar-refractivity contribution >= 4 is 40.2 Å². The summed E-state index contributed by atoms with van der Waals surface area (Å²) in [5.41, 5.74) is 2.51. The van der Waals surface area contributed by atoms with Crippen LogP contribution in [0.2, 0.25) is 5.02 Å². The van der Waals surface area contributed by atoms with Gasteiger partial charge in [0, 0.05) is 23.6 Å². The monoisotopic (exact) mass is 385 g/mol. The molecule has 6 nitrogen and oxygen atoms in total. The van der Waals surface area contributed by atoms with Crippen LogP contribution < -0.4 is 16.0 Å². The molecule has 0 unspecified atom stereocenters. The van der Waals surface area contributed by atoms with Crippen molar-refractivity contribution in [3.8, 4) is 0 Å². The molecular formula is C20H20ClN3O3. The van der Waals surface area contributed by atoms with Gasteiger partial charge in [-0.25, -0.2) is 4.79 Å². The standard InChI is InChI=1S/C20H20ClN3O3/c1-11-14-6-4-5-7-17(14)27-18(11)12(2)23-20(26)24-16-10-13(19(25)22-3)8-9-15(16)21/h4-10,12H,1-3H3,(H,22,25)(H2,23,24,26)/t12-/m0/s1. The van der Waals surface area contributed by atoms with Crippen molar-refractivity contribution in [2.45, 2.75) is 19.9 Å². The normalized spacial score (nSPS) is 11.9. The van der Waals surface area contributed by atoms with Gasteiger partial charge in [0.1, 0.15) is 11.3 Å². The highest BCUT2D eigenvalue weighted by molar-refractivity contribution is 6.33. The summed E-state index contributed by atoms with van der Waals surface area (Å²) in [7, 11) is 1.54. The Hall–Kier alpha value is -2.99. The summed E-state index contributed by atoms with van der Waals surface area (Å²) >= 11 is 6.13. The van der Waals surface area contributed by atoms with E-state index in [2.05, 4.69) is 16.0 Å². The zero-order chi connectivity index (χ0) is 19.6. The van der Waals surface area contributed by atoms with Crippen LogP contribution in [0.25, 0.3) is 11.0 Å². The van der Waals surface area contributed by atoms with Crippen molar-refractivity contribution < 1.29 is 14.0 Å². The van der Waals surface area contributed by atoms with Gasteiger partial charge in [0.05, 0.1) is 16.8 Å². The van der Waals surface area contributed by atoms with Gasteiger partial charge in [-0.15, -0.1) is 0 Å². The van der Waals surface area contributed by atoms with E-state index >= 15 is 0 Å². The Morgan fingerprint density at radius 3 is 2.59 bits per heavy atom. The average molecular weight is 386 g/mol. The second-order valence-corrected chi connectivity index (χ2v) is 6.59. The van der Waals surface area contributed by atoms with Gasteiger partial charge < -0.3 is 20.4 Å². The molecule has 0 aliphatic rings. The number of rotatable bonds is 4. The molecule has 0 aliphatic carbocycles. The molecule has 1 aromatic heterocycles. The molecule has 0 aliphatic heterocycles. The van der Waals surface area contributed by atoms with E-state index in [4.69, 9.17) is 16.0 Å². The molecule has 3 N–H and O–H groups in total. The summed E-state index contributed by atoms with van der Waals surface area (Å²) in [5, 5.41) is 9.40. The third-order valence-corrected chi connectivity index (χ3v) is 4.65. The summed E-state index contributed by atoms with van der Waals surface area (Å²) in [6.45, 7) is 3.80. The molecule has 0 saturated carbocycles. The summed E-state index contributed by atoms with van der Waals surface area (Å²) < 4.78 is 5.88. The summed E-state index contributed by atoms with van der Waals surface area (Å²) in [6.07, 6.45) is 0. The lowest BCUT2D eigenvalue weighted by Gasteiger charge is -2.15. The molecular weight excluding hydrogens is 366 g/mol. The predicted octanol–water partition coefficient (Wildman–Crippen LogP) is 4.64. The van der Waals surface area contributed by atoms with Gasteiger partial charge in [-0.3, -0.25) is 4.79 Å². The minimum Gasteiger partial charge on any atom is -0.459 e. The zero-order valence-corrected chi connectivity index (χ0v) is 16.0. The Kier molecular flexibility index (Phi) is 5.37. The minimum absolute atomic E-state index is 0.263. The number of urea groups is 1. The van der Waals surface area contributed by atoms with E-state index in [0.29, 0.717) is 22.0 Å². The van der Waals surface area contributed by atoms with E-state index in [1.54, 1.807) is 12.1 Å². The van der Waals surface area contributed by atoms with Gasteiger partial charge in [0.25, 0.3) is 5.91 Å². The molecule has 0 bridgehead atoms. The second-order valence-electron chi connectivity index (χ2n) is 6.18. The van der Waals surface area contributed by atoms with Gasteiger partial charge in [-0.05, 0) is 38.1 Å². The van der Waals surface area contributed by atoms with E-state index in [0.717, 1.165) is 16.5 Å². The first-order valence-corrected chi connectivity index (χ1v) is 8.85. The van der Waals surface area contributed by atoms with Crippen molar-refractivity contribution in [2.75, 3.05) is 12.4 Å². The highest BCUT2D eigenvalue weighted by Gasteiger charge is 2.19. The van der Waals surface area contributed by atoms with Crippen LogP contribution in [-0.2, 0) is 0 Å². The first-order chi connectivity index (χ1) is 12.9. The maximum atomic E-state index is 12.4. The molecule has 0 radical (unpaired) electrons. The van der Waals surface area contributed by atoms with Crippen LogP contribution >= 0.6 is 11.6 Å². The molecule has 3 rings (SSSR count). The number of aryl methyl sites for hydroxylation is 1. The number of hydrogen-bond donors (Lipinski definition) is 3. The molecule has 2 aromatic carbocycles. The van der Waals surface area contributed by atoms with Crippen LogP contribution in [0.5, 0.6) is 0 Å². The highest BCUT2D eigenvalue weighted by atomic mass is 35.5. The number of benzene rings is 2. The first kappa shape index (κ1) is 18.8. The smallest absolute Gasteiger partial charge is 0.319 e. The topological polar surface area (TPSA) is 83.4 Å². The molecule has 7 heteroatoms. The number of carbonyl (C=O) groups is 2. The fourth-order valence-corrected chi connectivity index (χ4v) is 3.10. The van der Waals surface area contributed by atoms with E-state index in [9.17, 15) is 9.59 Å². The molecule has 3 aromatic rings. The minimum atomic E-state index is -0.446. The van der Waals surface area contributed by atoms with E-state index in [-0.39, 0.29) is 11.9 Å². The zero-order valence-electron chi connectivity index (χ0n) is 15.2. The number of nitrogens with one attached hydrogen (secondary N) is 3. The molecule has 0 saturated heterocycles. The second kappa shape index (κ2) is 7.72. The lowest BCUT2D eigenvalue weighted by atomic mass is 10.1. The van der Waals surface area contributed by atoms with Crippen LogP contribution in [-0.4, -0.2) is 19.0 Å². The quantitative estimate of drug-likeness (QED) is 0.611. The Morgan fingerprint density at radius 2 is 1.89 bits per heavy atom. The number of para-hydroxylation sites is 1. The summed E-state index contributed by atoms with van der Waals surface area (Å²) in [6, 6.07) is 11.6.